The minimum absolute atomic E-state index is 0.0921. The second kappa shape index (κ2) is 9.16. The van der Waals surface area contributed by atoms with E-state index in [-0.39, 0.29) is 18.2 Å². The van der Waals surface area contributed by atoms with E-state index >= 15 is 0 Å². The quantitative estimate of drug-likeness (QED) is 0.401. The SMILES string of the molecule is COc1ccc(C(=O)N/N=C(\C)CC(=O)Nc2ccc(I)cc2)cc1. The number of hydrogen-bond donors (Lipinski definition) is 2. The molecule has 0 aliphatic carbocycles. The van der Waals surface area contributed by atoms with E-state index in [1.165, 1.54) is 0 Å². The maximum atomic E-state index is 12.0. The van der Waals surface area contributed by atoms with Gasteiger partial charge in [-0.2, -0.15) is 5.10 Å². The fourth-order valence-corrected chi connectivity index (χ4v) is 2.32. The van der Waals surface area contributed by atoms with Crippen LogP contribution in [0.2, 0.25) is 0 Å². The van der Waals surface area contributed by atoms with Crippen molar-refractivity contribution in [3.05, 3.63) is 57.7 Å². The van der Waals surface area contributed by atoms with Gasteiger partial charge in [0.15, 0.2) is 0 Å². The number of hydrogen-bond acceptors (Lipinski definition) is 4. The van der Waals surface area contributed by atoms with Gasteiger partial charge in [0.25, 0.3) is 5.91 Å². The topological polar surface area (TPSA) is 79.8 Å². The molecule has 0 bridgehead atoms. The molecular weight excluding hydrogens is 433 g/mol. The molecule has 0 aromatic heterocycles. The third-order valence-corrected chi connectivity index (χ3v) is 3.96. The molecule has 2 amide bonds. The number of methoxy groups -OCH3 is 1. The Bertz CT molecular complexity index is 771. The fraction of sp³-hybridized carbons (Fsp3) is 0.167. The number of carbonyl (C=O) groups excluding carboxylic acids is 2. The van der Waals surface area contributed by atoms with Gasteiger partial charge >= 0.3 is 0 Å². The van der Waals surface area contributed by atoms with Crippen LogP contribution in [-0.4, -0.2) is 24.6 Å². The summed E-state index contributed by atoms with van der Waals surface area (Å²) in [5.41, 5.74) is 4.13. The highest BCUT2D eigenvalue weighted by atomic mass is 127. The van der Waals surface area contributed by atoms with Crippen LogP contribution in [0.3, 0.4) is 0 Å². The van der Waals surface area contributed by atoms with Crippen molar-refractivity contribution in [3.8, 4) is 5.75 Å². The van der Waals surface area contributed by atoms with Gasteiger partial charge < -0.3 is 10.1 Å². The molecule has 2 aromatic rings. The summed E-state index contributed by atoms with van der Waals surface area (Å²) >= 11 is 2.20. The van der Waals surface area contributed by atoms with E-state index in [9.17, 15) is 9.59 Å². The van der Waals surface area contributed by atoms with Crippen molar-refractivity contribution in [2.75, 3.05) is 12.4 Å². The minimum Gasteiger partial charge on any atom is -0.497 e. The second-order valence-corrected chi connectivity index (χ2v) is 6.49. The van der Waals surface area contributed by atoms with E-state index in [2.05, 4.69) is 38.4 Å². The minimum atomic E-state index is -0.347. The number of ether oxygens (including phenoxy) is 1. The van der Waals surface area contributed by atoms with Crippen LogP contribution in [0.4, 0.5) is 5.69 Å². The average molecular weight is 451 g/mol. The van der Waals surface area contributed by atoms with Gasteiger partial charge in [0.05, 0.1) is 13.5 Å². The zero-order valence-corrected chi connectivity index (χ0v) is 16.0. The lowest BCUT2D eigenvalue weighted by atomic mass is 10.2. The van der Waals surface area contributed by atoms with E-state index in [1.807, 2.05) is 24.3 Å². The molecule has 2 N–H and O–H groups in total. The number of amides is 2. The van der Waals surface area contributed by atoms with E-state index in [0.29, 0.717) is 17.0 Å². The second-order valence-electron chi connectivity index (χ2n) is 5.25. The van der Waals surface area contributed by atoms with E-state index in [0.717, 1.165) is 9.26 Å². The number of hydrazone groups is 1. The summed E-state index contributed by atoms with van der Waals surface area (Å²) in [6, 6.07) is 14.2. The molecule has 0 radical (unpaired) electrons. The summed E-state index contributed by atoms with van der Waals surface area (Å²) in [7, 11) is 1.56. The van der Waals surface area contributed by atoms with Crippen molar-refractivity contribution in [1.29, 1.82) is 0 Å². The van der Waals surface area contributed by atoms with Gasteiger partial charge in [-0.15, -0.1) is 0 Å². The first-order valence-corrected chi connectivity index (χ1v) is 8.59. The fourth-order valence-electron chi connectivity index (χ4n) is 1.96. The van der Waals surface area contributed by atoms with Crippen LogP contribution in [0.15, 0.2) is 53.6 Å². The lowest BCUT2D eigenvalue weighted by Gasteiger charge is -2.06. The summed E-state index contributed by atoms with van der Waals surface area (Å²) in [4.78, 5) is 24.0. The number of nitrogens with one attached hydrogen (secondary N) is 2. The van der Waals surface area contributed by atoms with Gasteiger partial charge in [-0.1, -0.05) is 0 Å². The number of nitrogens with zero attached hydrogens (tertiary/aromatic N) is 1. The first kappa shape index (κ1) is 18.9. The van der Waals surface area contributed by atoms with Gasteiger partial charge in [-0.25, -0.2) is 5.43 Å². The summed E-state index contributed by atoms with van der Waals surface area (Å²) in [6.07, 6.45) is 0.0921. The summed E-state index contributed by atoms with van der Waals surface area (Å²) < 4.78 is 6.13. The van der Waals surface area contributed by atoms with Gasteiger partial charge in [0, 0.05) is 20.5 Å². The third kappa shape index (κ3) is 6.18. The number of carbonyl (C=O) groups is 2. The maximum Gasteiger partial charge on any atom is 0.271 e. The number of benzene rings is 2. The van der Waals surface area contributed by atoms with Crippen LogP contribution >= 0.6 is 22.6 Å². The highest BCUT2D eigenvalue weighted by molar-refractivity contribution is 14.1. The smallest absolute Gasteiger partial charge is 0.271 e. The van der Waals surface area contributed by atoms with Crippen molar-refractivity contribution in [3.63, 3.8) is 0 Å². The van der Waals surface area contributed by atoms with Crippen LogP contribution in [0, 0.1) is 3.57 Å². The summed E-state index contributed by atoms with van der Waals surface area (Å²) in [6.45, 7) is 1.68. The lowest BCUT2D eigenvalue weighted by molar-refractivity contribution is -0.115. The lowest BCUT2D eigenvalue weighted by Crippen LogP contribution is -2.21. The molecule has 2 rings (SSSR count). The predicted octanol–water partition coefficient (Wildman–Crippen LogP) is 3.43. The number of rotatable bonds is 6. The Balaban J connectivity index is 1.86. The van der Waals surface area contributed by atoms with Crippen LogP contribution in [-0.2, 0) is 4.79 Å². The zero-order valence-electron chi connectivity index (χ0n) is 13.9. The standard InChI is InChI=1S/C18H18IN3O3/c1-12(11-17(23)20-15-7-5-14(19)6-8-15)21-22-18(24)13-3-9-16(25-2)10-4-13/h3-10H,11H2,1-2H3,(H,20,23)(H,22,24)/b21-12+. The van der Waals surface area contributed by atoms with Gasteiger partial charge in [0.2, 0.25) is 5.91 Å². The molecule has 0 spiro atoms. The molecular formula is C18H18IN3O3. The number of anilines is 1. The van der Waals surface area contributed by atoms with Crippen molar-refractivity contribution in [2.45, 2.75) is 13.3 Å². The van der Waals surface area contributed by atoms with Crippen LogP contribution in [0.1, 0.15) is 23.7 Å². The molecule has 0 saturated heterocycles. The van der Waals surface area contributed by atoms with Crippen LogP contribution in [0.5, 0.6) is 5.75 Å². The Kier molecular flexibility index (Phi) is 6.93. The van der Waals surface area contributed by atoms with E-state index < -0.39 is 0 Å². The van der Waals surface area contributed by atoms with Gasteiger partial charge in [-0.05, 0) is 78.0 Å². The Morgan fingerprint density at radius 1 is 1.08 bits per heavy atom. The highest BCUT2D eigenvalue weighted by Crippen LogP contribution is 2.12. The Hall–Kier alpha value is -2.42. The average Bonchev–Trinajstić information content (AvgIpc) is 2.61. The molecule has 2 aromatic carbocycles. The molecule has 7 heteroatoms. The maximum absolute atomic E-state index is 12.0. The van der Waals surface area contributed by atoms with Gasteiger partial charge in [-0.3, -0.25) is 9.59 Å². The molecule has 6 nitrogen and oxygen atoms in total. The molecule has 0 unspecified atom stereocenters. The first-order chi connectivity index (χ1) is 12.0. The first-order valence-electron chi connectivity index (χ1n) is 7.51. The molecule has 0 atom stereocenters. The third-order valence-electron chi connectivity index (χ3n) is 3.24. The molecule has 0 aliphatic rings. The van der Waals surface area contributed by atoms with Crippen molar-refractivity contribution in [1.82, 2.24) is 5.43 Å². The molecule has 0 saturated carbocycles. The van der Waals surface area contributed by atoms with Gasteiger partial charge in [0.1, 0.15) is 5.75 Å². The molecule has 0 aliphatic heterocycles. The summed E-state index contributed by atoms with van der Waals surface area (Å²) in [5.74, 6) is 0.129. The van der Waals surface area contributed by atoms with Crippen molar-refractivity contribution >= 4 is 45.8 Å². The largest absolute Gasteiger partial charge is 0.497 e. The van der Waals surface area contributed by atoms with Crippen molar-refractivity contribution in [2.24, 2.45) is 5.10 Å². The molecule has 25 heavy (non-hydrogen) atoms. The molecule has 130 valence electrons. The molecule has 0 heterocycles. The summed E-state index contributed by atoms with van der Waals surface area (Å²) in [5, 5.41) is 6.74. The Labute approximate surface area is 159 Å². The van der Waals surface area contributed by atoms with Crippen LogP contribution < -0.4 is 15.5 Å². The predicted molar refractivity (Wildman–Crippen MR) is 106 cm³/mol. The van der Waals surface area contributed by atoms with E-state index in [1.54, 1.807) is 38.3 Å². The van der Waals surface area contributed by atoms with Crippen LogP contribution in [0.25, 0.3) is 0 Å². The molecule has 0 fully saturated rings. The highest BCUT2D eigenvalue weighted by Gasteiger charge is 2.07. The zero-order chi connectivity index (χ0) is 18.2. The number of halogens is 1. The van der Waals surface area contributed by atoms with Crippen molar-refractivity contribution < 1.29 is 14.3 Å². The Morgan fingerprint density at radius 2 is 1.72 bits per heavy atom. The van der Waals surface area contributed by atoms with E-state index in [4.69, 9.17) is 4.74 Å². The normalized spacial score (nSPS) is 10.9. The monoisotopic (exact) mass is 451 g/mol. The Morgan fingerprint density at radius 3 is 2.32 bits per heavy atom.